The van der Waals surface area contributed by atoms with Gasteiger partial charge in [-0.1, -0.05) is 26.0 Å². The average Bonchev–Trinajstić information content (AvgIpc) is 2.76. The molecule has 1 aromatic carbocycles. The average molecular weight is 276 g/mol. The second-order valence-corrected chi connectivity index (χ2v) is 8.10. The first kappa shape index (κ1) is 13.3. The maximum atomic E-state index is 3.43. The molecule has 3 heteroatoms. The molecule has 3 rings (SSSR count). The Morgan fingerprint density at radius 2 is 2.21 bits per heavy atom. The molecule has 19 heavy (non-hydrogen) atoms. The minimum absolute atomic E-state index is 0.455. The summed E-state index contributed by atoms with van der Waals surface area (Å²) in [6.07, 6.45) is 2.48. The molecule has 0 aliphatic carbocycles. The van der Waals surface area contributed by atoms with Crippen LogP contribution in [-0.2, 0) is 13.0 Å². The highest BCUT2D eigenvalue weighted by Gasteiger charge is 2.23. The normalized spacial score (nSPS) is 22.6. The van der Waals surface area contributed by atoms with Crippen LogP contribution in [0.2, 0.25) is 0 Å². The van der Waals surface area contributed by atoms with Crippen molar-refractivity contribution in [3.8, 4) is 0 Å². The van der Waals surface area contributed by atoms with E-state index in [0.29, 0.717) is 4.75 Å². The molecule has 2 aliphatic rings. The van der Waals surface area contributed by atoms with E-state index in [1.54, 1.807) is 0 Å². The third kappa shape index (κ3) is 3.26. The van der Waals surface area contributed by atoms with Gasteiger partial charge in [0.15, 0.2) is 0 Å². The number of thioether (sulfide) groups is 1. The molecule has 0 bridgehead atoms. The zero-order chi connectivity index (χ0) is 13.3. The van der Waals surface area contributed by atoms with E-state index in [0.717, 1.165) is 13.1 Å². The topological polar surface area (TPSA) is 15.3 Å². The summed E-state index contributed by atoms with van der Waals surface area (Å²) in [7, 11) is 0. The number of hydrogen-bond donors (Lipinski definition) is 1. The lowest BCUT2D eigenvalue weighted by atomic mass is 10.1. The van der Waals surface area contributed by atoms with Crippen LogP contribution < -0.4 is 5.32 Å². The lowest BCUT2D eigenvalue weighted by Gasteiger charge is -2.22. The van der Waals surface area contributed by atoms with Gasteiger partial charge in [0.2, 0.25) is 0 Å². The van der Waals surface area contributed by atoms with Crippen LogP contribution in [0.25, 0.3) is 0 Å². The predicted octanol–water partition coefficient (Wildman–Crippen LogP) is 3.37. The Labute approximate surface area is 121 Å². The van der Waals surface area contributed by atoms with E-state index in [9.17, 15) is 0 Å². The highest BCUT2D eigenvalue weighted by molar-refractivity contribution is 8.00. The minimum atomic E-state index is 0.455. The lowest BCUT2D eigenvalue weighted by Crippen LogP contribution is -2.26. The molecule has 2 aliphatic heterocycles. The first-order chi connectivity index (χ1) is 9.12. The summed E-state index contributed by atoms with van der Waals surface area (Å²) < 4.78 is 0.455. The van der Waals surface area contributed by atoms with E-state index in [1.165, 1.54) is 48.5 Å². The number of nitrogens with zero attached hydrogens (tertiary/aromatic N) is 1. The van der Waals surface area contributed by atoms with Gasteiger partial charge in [-0.3, -0.25) is 4.90 Å². The summed E-state index contributed by atoms with van der Waals surface area (Å²) >= 11 is 2.12. The molecular weight excluding hydrogens is 252 g/mol. The van der Waals surface area contributed by atoms with Crippen molar-refractivity contribution in [2.24, 2.45) is 0 Å². The summed E-state index contributed by atoms with van der Waals surface area (Å²) in [5.74, 6) is 1.26. The molecule has 1 N–H and O–H groups in total. The van der Waals surface area contributed by atoms with Gasteiger partial charge in [0, 0.05) is 35.8 Å². The van der Waals surface area contributed by atoms with Crippen LogP contribution in [0.5, 0.6) is 0 Å². The van der Waals surface area contributed by atoms with E-state index in [1.807, 2.05) is 0 Å². The molecule has 1 saturated heterocycles. The largest absolute Gasteiger partial charge is 0.384 e. The number of anilines is 1. The highest BCUT2D eigenvalue weighted by Crippen LogP contribution is 2.31. The van der Waals surface area contributed by atoms with E-state index in [-0.39, 0.29) is 0 Å². The van der Waals surface area contributed by atoms with Crippen molar-refractivity contribution in [2.45, 2.75) is 38.0 Å². The monoisotopic (exact) mass is 276 g/mol. The van der Waals surface area contributed by atoms with Gasteiger partial charge < -0.3 is 5.32 Å². The maximum Gasteiger partial charge on any atom is 0.0373 e. The lowest BCUT2D eigenvalue weighted by molar-refractivity contribution is 0.276. The maximum absolute atomic E-state index is 3.43. The fraction of sp³-hybridized carbons (Fsp3) is 0.625. The smallest absolute Gasteiger partial charge is 0.0373 e. The van der Waals surface area contributed by atoms with Gasteiger partial charge in [-0.05, 0) is 36.6 Å². The summed E-state index contributed by atoms with van der Waals surface area (Å²) in [6.45, 7) is 9.43. The predicted molar refractivity (Wildman–Crippen MR) is 85.1 cm³/mol. The second kappa shape index (κ2) is 5.37. The molecule has 1 fully saturated rings. The first-order valence-electron chi connectivity index (χ1n) is 7.34. The second-order valence-electron chi connectivity index (χ2n) is 6.30. The third-order valence-electron chi connectivity index (χ3n) is 4.22. The molecule has 0 atom stereocenters. The zero-order valence-corrected chi connectivity index (χ0v) is 12.9. The minimum Gasteiger partial charge on any atom is -0.384 e. The summed E-state index contributed by atoms with van der Waals surface area (Å²) in [5.41, 5.74) is 4.32. The number of rotatable bonds is 2. The van der Waals surface area contributed by atoms with Crippen molar-refractivity contribution in [1.82, 2.24) is 4.90 Å². The van der Waals surface area contributed by atoms with E-state index in [4.69, 9.17) is 0 Å². The Hall–Kier alpha value is -0.670. The van der Waals surface area contributed by atoms with Gasteiger partial charge in [0.1, 0.15) is 0 Å². The van der Waals surface area contributed by atoms with Crippen LogP contribution in [-0.4, -0.2) is 35.0 Å². The quantitative estimate of drug-likeness (QED) is 0.891. The summed E-state index contributed by atoms with van der Waals surface area (Å²) in [4.78, 5) is 2.62. The van der Waals surface area contributed by atoms with Crippen LogP contribution in [0, 0.1) is 0 Å². The molecule has 0 radical (unpaired) electrons. The number of fused-ring (bicyclic) bond motifs is 1. The van der Waals surface area contributed by atoms with Crippen LogP contribution in [0.15, 0.2) is 18.2 Å². The molecule has 104 valence electrons. The first-order valence-corrected chi connectivity index (χ1v) is 8.33. The van der Waals surface area contributed by atoms with Gasteiger partial charge in [0.25, 0.3) is 0 Å². The molecule has 0 spiro atoms. The van der Waals surface area contributed by atoms with Gasteiger partial charge in [-0.2, -0.15) is 11.8 Å². The summed E-state index contributed by atoms with van der Waals surface area (Å²) in [6, 6.07) is 6.95. The van der Waals surface area contributed by atoms with Crippen LogP contribution in [0.4, 0.5) is 5.69 Å². The van der Waals surface area contributed by atoms with E-state index >= 15 is 0 Å². The van der Waals surface area contributed by atoms with E-state index < -0.39 is 0 Å². The molecule has 2 heterocycles. The number of nitrogens with one attached hydrogen (secondary N) is 1. The molecule has 1 aromatic rings. The number of benzene rings is 1. The molecule has 0 aromatic heterocycles. The van der Waals surface area contributed by atoms with Crippen molar-refractivity contribution in [2.75, 3.05) is 30.7 Å². The Morgan fingerprint density at radius 3 is 3.11 bits per heavy atom. The van der Waals surface area contributed by atoms with Crippen LogP contribution in [0.1, 0.15) is 31.4 Å². The Morgan fingerprint density at radius 1 is 1.32 bits per heavy atom. The number of hydrogen-bond acceptors (Lipinski definition) is 3. The highest BCUT2D eigenvalue weighted by atomic mass is 32.2. The molecular formula is C16H24N2S. The van der Waals surface area contributed by atoms with Crippen LogP contribution >= 0.6 is 11.8 Å². The van der Waals surface area contributed by atoms with Crippen molar-refractivity contribution in [1.29, 1.82) is 0 Å². The third-order valence-corrected chi connectivity index (χ3v) is 5.59. The standard InChI is InChI=1S/C16H24N2S/c1-16(2)6-8-18(9-10-19-16)12-13-3-4-15-14(11-13)5-7-17-15/h3-4,11,17H,5-10,12H2,1-2H3. The van der Waals surface area contributed by atoms with Gasteiger partial charge in [-0.25, -0.2) is 0 Å². The molecule has 0 amide bonds. The van der Waals surface area contributed by atoms with Crippen molar-refractivity contribution >= 4 is 17.4 Å². The fourth-order valence-corrected chi connectivity index (χ4v) is 4.07. The molecule has 2 nitrogen and oxygen atoms in total. The SMILES string of the molecule is CC1(C)CCN(Cc2ccc3c(c2)CCN3)CCS1. The zero-order valence-electron chi connectivity index (χ0n) is 12.0. The van der Waals surface area contributed by atoms with Gasteiger partial charge >= 0.3 is 0 Å². The summed E-state index contributed by atoms with van der Waals surface area (Å²) in [5, 5.41) is 3.43. The van der Waals surface area contributed by atoms with Gasteiger partial charge in [0.05, 0.1) is 0 Å². The molecule has 0 saturated carbocycles. The van der Waals surface area contributed by atoms with Crippen LogP contribution in [0.3, 0.4) is 0 Å². The van der Waals surface area contributed by atoms with Crippen molar-refractivity contribution in [3.63, 3.8) is 0 Å². The Kier molecular flexibility index (Phi) is 3.77. The van der Waals surface area contributed by atoms with Gasteiger partial charge in [-0.15, -0.1) is 0 Å². The molecule has 0 unspecified atom stereocenters. The van der Waals surface area contributed by atoms with Crippen molar-refractivity contribution in [3.05, 3.63) is 29.3 Å². The fourth-order valence-electron chi connectivity index (χ4n) is 2.94. The van der Waals surface area contributed by atoms with Crippen molar-refractivity contribution < 1.29 is 0 Å². The Bertz CT molecular complexity index is 456. The Balaban J connectivity index is 1.65. The van der Waals surface area contributed by atoms with E-state index in [2.05, 4.69) is 54.0 Å².